The van der Waals surface area contributed by atoms with Crippen LogP contribution >= 0.6 is 11.6 Å². The molecule has 0 saturated carbocycles. The molecule has 3 aromatic rings. The molecule has 1 fully saturated rings. The lowest BCUT2D eigenvalue weighted by Crippen LogP contribution is -2.45. The number of nitrogens with one attached hydrogen (secondary N) is 1. The van der Waals surface area contributed by atoms with Gasteiger partial charge in [0.1, 0.15) is 17.7 Å². The summed E-state index contributed by atoms with van der Waals surface area (Å²) >= 11 is 5.89. The number of rotatable bonds is 4. The van der Waals surface area contributed by atoms with Crippen molar-refractivity contribution in [3.63, 3.8) is 0 Å². The number of hydrogen-bond acceptors (Lipinski definition) is 5. The van der Waals surface area contributed by atoms with E-state index in [2.05, 4.69) is 34.8 Å². The Hall–Kier alpha value is -2.87. The summed E-state index contributed by atoms with van der Waals surface area (Å²) in [6, 6.07) is 7.02. The number of nitrogens with zero attached hydrogens (tertiary/aromatic N) is 3. The maximum atomic E-state index is 14.3. The lowest BCUT2D eigenvalue weighted by Gasteiger charge is -2.36. The van der Waals surface area contributed by atoms with Crippen LogP contribution in [0.5, 0.6) is 0 Å². The van der Waals surface area contributed by atoms with Gasteiger partial charge in [-0.05, 0) is 43.7 Å². The van der Waals surface area contributed by atoms with Crippen LogP contribution in [-0.4, -0.2) is 51.5 Å². The molecule has 5 rings (SSSR count). The summed E-state index contributed by atoms with van der Waals surface area (Å²) in [5.41, 5.74) is 4.09. The second kappa shape index (κ2) is 8.82. The standard InChI is InChI=1S/C25H26ClFN4O2/c1-15-12-31(13-16(2)33-15)19-9-20-21(11-29-25(20)28-10-19)17-6-7-30(23(32)8-17)14-18-4-3-5-22(26)24(18)27/h3-11,15-16,23,32H,12-14H2,1-2H3,(H,28,29)/t15-,16-,23?/m0/s1. The Morgan fingerprint density at radius 3 is 2.82 bits per heavy atom. The van der Waals surface area contributed by atoms with Crippen LogP contribution in [0, 0.1) is 5.82 Å². The number of aromatic nitrogens is 2. The number of allylic oxidation sites excluding steroid dienone is 2. The molecule has 1 unspecified atom stereocenters. The minimum atomic E-state index is -0.898. The quantitative estimate of drug-likeness (QED) is 0.581. The smallest absolute Gasteiger partial charge is 0.146 e. The second-order valence-corrected chi connectivity index (χ2v) is 9.10. The largest absolute Gasteiger partial charge is 0.372 e. The first-order valence-electron chi connectivity index (χ1n) is 11.0. The van der Waals surface area contributed by atoms with Gasteiger partial charge in [-0.2, -0.15) is 0 Å². The number of halogens is 2. The minimum Gasteiger partial charge on any atom is -0.372 e. The van der Waals surface area contributed by atoms with Crippen molar-refractivity contribution in [1.82, 2.24) is 14.9 Å². The molecule has 6 nitrogen and oxygen atoms in total. The third-order valence-corrected chi connectivity index (χ3v) is 6.40. The van der Waals surface area contributed by atoms with Gasteiger partial charge in [-0.1, -0.05) is 23.7 Å². The zero-order valence-electron chi connectivity index (χ0n) is 18.5. The number of H-pyrrole nitrogens is 1. The van der Waals surface area contributed by atoms with Crippen LogP contribution in [0.25, 0.3) is 16.6 Å². The number of ether oxygens (including phenoxy) is 1. The van der Waals surface area contributed by atoms with Crippen LogP contribution in [0.4, 0.5) is 10.1 Å². The van der Waals surface area contributed by atoms with E-state index in [9.17, 15) is 9.50 Å². The fraction of sp³-hybridized carbons (Fsp3) is 0.320. The SMILES string of the molecule is C[C@H]1CN(c2cnc3[nH]cc(C4=CC(O)N(Cc5cccc(Cl)c5F)C=C4)c3c2)C[C@H](C)O1. The number of benzene rings is 1. The summed E-state index contributed by atoms with van der Waals surface area (Å²) in [5, 5.41) is 11.8. The van der Waals surface area contributed by atoms with E-state index in [0.717, 1.165) is 40.9 Å². The highest BCUT2D eigenvalue weighted by atomic mass is 35.5. The normalized spacial score (nSPS) is 23.3. The van der Waals surface area contributed by atoms with Gasteiger partial charge in [0.15, 0.2) is 0 Å². The van der Waals surface area contributed by atoms with E-state index in [1.807, 2.05) is 18.5 Å². The highest BCUT2D eigenvalue weighted by molar-refractivity contribution is 6.30. The van der Waals surface area contributed by atoms with Gasteiger partial charge in [0, 0.05) is 48.5 Å². The van der Waals surface area contributed by atoms with Crippen LogP contribution in [0.3, 0.4) is 0 Å². The van der Waals surface area contributed by atoms with Gasteiger partial charge in [-0.15, -0.1) is 0 Å². The van der Waals surface area contributed by atoms with Gasteiger partial charge in [-0.3, -0.25) is 0 Å². The Balaban J connectivity index is 1.40. The fourth-order valence-electron chi connectivity index (χ4n) is 4.56. The fourth-order valence-corrected chi connectivity index (χ4v) is 4.76. The van der Waals surface area contributed by atoms with E-state index >= 15 is 0 Å². The minimum absolute atomic E-state index is 0.0744. The van der Waals surface area contributed by atoms with Crippen molar-refractivity contribution in [3.05, 3.63) is 77.0 Å². The van der Waals surface area contributed by atoms with Gasteiger partial charge in [0.2, 0.25) is 0 Å². The summed E-state index contributed by atoms with van der Waals surface area (Å²) in [7, 11) is 0. The third kappa shape index (κ3) is 4.36. The Bertz CT molecular complexity index is 1230. The van der Waals surface area contributed by atoms with Crippen molar-refractivity contribution in [1.29, 1.82) is 0 Å². The maximum Gasteiger partial charge on any atom is 0.146 e. The molecule has 33 heavy (non-hydrogen) atoms. The summed E-state index contributed by atoms with van der Waals surface area (Å²) in [5.74, 6) is -0.462. The van der Waals surface area contributed by atoms with Crippen molar-refractivity contribution in [2.75, 3.05) is 18.0 Å². The number of anilines is 1. The summed E-state index contributed by atoms with van der Waals surface area (Å²) in [6.07, 6.45) is 8.66. The van der Waals surface area contributed by atoms with Gasteiger partial charge in [0.05, 0.1) is 29.1 Å². The number of hydrogen-bond donors (Lipinski definition) is 2. The van der Waals surface area contributed by atoms with Crippen molar-refractivity contribution in [2.24, 2.45) is 0 Å². The van der Waals surface area contributed by atoms with Crippen molar-refractivity contribution in [2.45, 2.75) is 38.8 Å². The van der Waals surface area contributed by atoms with E-state index < -0.39 is 12.0 Å². The molecule has 2 N–H and O–H groups in total. The molecule has 2 aromatic heterocycles. The first-order valence-corrected chi connectivity index (χ1v) is 11.4. The van der Waals surface area contributed by atoms with Crippen molar-refractivity contribution in [3.8, 4) is 0 Å². The molecule has 0 amide bonds. The second-order valence-electron chi connectivity index (χ2n) is 8.69. The van der Waals surface area contributed by atoms with Crippen molar-refractivity contribution < 1.29 is 14.2 Å². The van der Waals surface area contributed by atoms with Crippen molar-refractivity contribution >= 4 is 33.9 Å². The van der Waals surface area contributed by atoms with Gasteiger partial charge in [0.25, 0.3) is 0 Å². The summed E-state index contributed by atoms with van der Waals surface area (Å²) in [6.45, 7) is 5.99. The number of aliphatic hydroxyl groups excluding tert-OH is 1. The number of aliphatic hydroxyl groups is 1. The molecule has 172 valence electrons. The number of fused-ring (bicyclic) bond motifs is 1. The molecule has 4 heterocycles. The first-order chi connectivity index (χ1) is 15.9. The van der Waals surface area contributed by atoms with Crippen LogP contribution < -0.4 is 4.90 Å². The summed E-state index contributed by atoms with van der Waals surface area (Å²) in [4.78, 5) is 11.8. The lowest BCUT2D eigenvalue weighted by atomic mass is 10.0. The zero-order valence-corrected chi connectivity index (χ0v) is 19.3. The van der Waals surface area contributed by atoms with E-state index in [1.165, 1.54) is 6.07 Å². The molecule has 1 saturated heterocycles. The van der Waals surface area contributed by atoms with Crippen LogP contribution in [0.1, 0.15) is 25.0 Å². The molecule has 0 bridgehead atoms. The molecular weight excluding hydrogens is 443 g/mol. The first kappa shape index (κ1) is 21.9. The lowest BCUT2D eigenvalue weighted by molar-refractivity contribution is -0.00522. The number of morpholine rings is 1. The Morgan fingerprint density at radius 2 is 2.06 bits per heavy atom. The molecule has 3 atom stereocenters. The average Bonchev–Trinajstić information content (AvgIpc) is 3.21. The van der Waals surface area contributed by atoms with Gasteiger partial charge >= 0.3 is 0 Å². The van der Waals surface area contributed by atoms with E-state index in [0.29, 0.717) is 5.56 Å². The van der Waals surface area contributed by atoms with Gasteiger partial charge < -0.3 is 24.6 Å². The molecule has 0 spiro atoms. The predicted octanol–water partition coefficient (Wildman–Crippen LogP) is 4.70. The Morgan fingerprint density at radius 1 is 1.27 bits per heavy atom. The molecule has 2 aliphatic rings. The van der Waals surface area contributed by atoms with Crippen LogP contribution in [0.15, 0.2) is 55.0 Å². The molecule has 2 aliphatic heterocycles. The topological polar surface area (TPSA) is 64.6 Å². The zero-order chi connectivity index (χ0) is 23.1. The number of aromatic amines is 1. The highest BCUT2D eigenvalue weighted by Crippen LogP contribution is 2.32. The number of pyridine rings is 1. The van der Waals surface area contributed by atoms with E-state index in [-0.39, 0.29) is 23.8 Å². The Kier molecular flexibility index (Phi) is 5.86. The van der Waals surface area contributed by atoms with Gasteiger partial charge in [-0.25, -0.2) is 9.37 Å². The highest BCUT2D eigenvalue weighted by Gasteiger charge is 2.24. The average molecular weight is 469 g/mol. The van der Waals surface area contributed by atoms with E-state index in [1.54, 1.807) is 29.3 Å². The molecule has 0 radical (unpaired) electrons. The molecule has 8 heteroatoms. The predicted molar refractivity (Wildman–Crippen MR) is 128 cm³/mol. The third-order valence-electron chi connectivity index (χ3n) is 6.11. The van der Waals surface area contributed by atoms with E-state index in [4.69, 9.17) is 16.3 Å². The monoisotopic (exact) mass is 468 g/mol. The van der Waals surface area contributed by atoms with Crippen LogP contribution in [-0.2, 0) is 11.3 Å². The van der Waals surface area contributed by atoms with Crippen LogP contribution in [0.2, 0.25) is 5.02 Å². The summed E-state index contributed by atoms with van der Waals surface area (Å²) < 4.78 is 20.2. The molecule has 1 aromatic carbocycles. The maximum absolute atomic E-state index is 14.3. The Labute approximate surface area is 196 Å². The molecule has 0 aliphatic carbocycles. The molecular formula is C25H26ClFN4O2.